The predicted octanol–water partition coefficient (Wildman–Crippen LogP) is 6.58. The normalized spacial score (nSPS) is 12.4. The monoisotopic (exact) mass is 492 g/mol. The zero-order valence-electron chi connectivity index (χ0n) is 19.6. The van der Waals surface area contributed by atoms with Crippen molar-refractivity contribution in [3.63, 3.8) is 0 Å². The number of benzene rings is 4. The molecular weight excluding hydrogens is 468 g/mol. The number of hydrogen-bond acceptors (Lipinski definition) is 3. The largest absolute Gasteiger partial charge is 0.361 e. The van der Waals surface area contributed by atoms with Crippen molar-refractivity contribution in [1.29, 1.82) is 0 Å². The van der Waals surface area contributed by atoms with Crippen LogP contribution in [-0.4, -0.2) is 24.6 Å². The summed E-state index contributed by atoms with van der Waals surface area (Å²) in [6.45, 7) is 0. The lowest BCUT2D eigenvalue weighted by Crippen LogP contribution is -2.34. The zero-order chi connectivity index (χ0) is 24.8. The fourth-order valence-electron chi connectivity index (χ4n) is 5.07. The van der Waals surface area contributed by atoms with Gasteiger partial charge in [0.25, 0.3) is 10.1 Å². The maximum Gasteiger partial charge on any atom is 0.265 e. The Morgan fingerprint density at radius 1 is 0.611 bits per heavy atom. The van der Waals surface area contributed by atoms with Crippen LogP contribution in [0.15, 0.2) is 116 Å². The summed E-state index contributed by atoms with van der Waals surface area (Å²) >= 11 is 0. The highest BCUT2D eigenvalue weighted by Crippen LogP contribution is 2.47. The fraction of sp³-hybridized carbons (Fsp3) is 0.0667. The van der Waals surface area contributed by atoms with E-state index in [1.807, 2.05) is 103 Å². The smallest absolute Gasteiger partial charge is 0.265 e. The van der Waals surface area contributed by atoms with Gasteiger partial charge < -0.3 is 9.97 Å². The Morgan fingerprint density at radius 2 is 1.08 bits per heavy atom. The number of aromatic amines is 2. The van der Waals surface area contributed by atoms with Crippen LogP contribution >= 0.6 is 0 Å². The Labute approximate surface area is 209 Å². The Kier molecular flexibility index (Phi) is 5.29. The number of H-pyrrole nitrogens is 2. The molecule has 0 radical (unpaired) electrons. The highest BCUT2D eigenvalue weighted by molar-refractivity contribution is 7.86. The minimum Gasteiger partial charge on any atom is -0.361 e. The van der Waals surface area contributed by atoms with Crippen LogP contribution in [0.5, 0.6) is 0 Å². The van der Waals surface area contributed by atoms with Gasteiger partial charge in [-0.3, -0.25) is 0 Å². The second kappa shape index (κ2) is 8.52. The van der Waals surface area contributed by atoms with Gasteiger partial charge in [-0.25, -0.2) is 4.18 Å². The molecular formula is C30H24N2O3S. The molecule has 2 heterocycles. The number of aromatic nitrogens is 2. The predicted molar refractivity (Wildman–Crippen MR) is 144 cm³/mol. The molecule has 0 unspecified atom stereocenters. The summed E-state index contributed by atoms with van der Waals surface area (Å²) in [4.78, 5) is 6.62. The standard InChI is InChI=1S/C30H24N2O3S/c1-36(33,34)35-30(26-19-31-28-13-7-5-11-24(26)28,27-20-32-29-14-8-6-12-25(27)29)23-17-15-22(16-18-23)21-9-3-2-4-10-21/h2-20,31-32H,1H3. The van der Waals surface area contributed by atoms with Gasteiger partial charge in [-0.05, 0) is 28.8 Å². The minimum atomic E-state index is -3.91. The lowest BCUT2D eigenvalue weighted by Gasteiger charge is -2.33. The van der Waals surface area contributed by atoms with E-state index in [1.165, 1.54) is 0 Å². The first-order valence-electron chi connectivity index (χ1n) is 11.7. The fourth-order valence-corrected chi connectivity index (χ4v) is 5.80. The van der Waals surface area contributed by atoms with Crippen molar-refractivity contribution in [3.05, 3.63) is 132 Å². The SMILES string of the molecule is CS(=O)(=O)OC(c1ccc(-c2ccccc2)cc1)(c1c[nH]c2ccccc12)c1c[nH]c2ccccc12. The molecule has 0 fully saturated rings. The molecule has 0 aliphatic rings. The minimum absolute atomic E-state index is 0.710. The van der Waals surface area contributed by atoms with E-state index in [2.05, 4.69) is 22.1 Å². The van der Waals surface area contributed by atoms with Crippen LogP contribution in [0.2, 0.25) is 0 Å². The molecule has 6 heteroatoms. The van der Waals surface area contributed by atoms with Gasteiger partial charge in [0.2, 0.25) is 0 Å². The first-order chi connectivity index (χ1) is 17.5. The van der Waals surface area contributed by atoms with E-state index in [-0.39, 0.29) is 0 Å². The number of hydrogen-bond donors (Lipinski definition) is 2. The average molecular weight is 493 g/mol. The molecule has 0 saturated heterocycles. The molecule has 36 heavy (non-hydrogen) atoms. The molecule has 2 aromatic heterocycles. The Balaban J connectivity index is 1.69. The van der Waals surface area contributed by atoms with Crippen LogP contribution in [0.1, 0.15) is 16.7 Å². The van der Waals surface area contributed by atoms with Gasteiger partial charge in [-0.2, -0.15) is 8.42 Å². The molecule has 6 rings (SSSR count). The topological polar surface area (TPSA) is 75.0 Å². The Bertz CT molecular complexity index is 1710. The van der Waals surface area contributed by atoms with Crippen molar-refractivity contribution in [3.8, 4) is 11.1 Å². The number of fused-ring (bicyclic) bond motifs is 2. The van der Waals surface area contributed by atoms with E-state index in [9.17, 15) is 8.42 Å². The molecule has 0 bridgehead atoms. The molecule has 0 atom stereocenters. The molecule has 5 nitrogen and oxygen atoms in total. The van der Waals surface area contributed by atoms with Gasteiger partial charge >= 0.3 is 0 Å². The average Bonchev–Trinajstić information content (AvgIpc) is 3.53. The van der Waals surface area contributed by atoms with Gasteiger partial charge in [-0.1, -0.05) is 91.0 Å². The van der Waals surface area contributed by atoms with E-state index in [0.717, 1.165) is 50.3 Å². The molecule has 2 N–H and O–H groups in total. The second-order valence-electron chi connectivity index (χ2n) is 8.91. The third-order valence-electron chi connectivity index (χ3n) is 6.61. The van der Waals surface area contributed by atoms with E-state index >= 15 is 0 Å². The quantitative estimate of drug-likeness (QED) is 0.258. The van der Waals surface area contributed by atoms with Crippen LogP contribution in [0.25, 0.3) is 32.9 Å². The third-order valence-corrected chi connectivity index (χ3v) is 7.16. The maximum atomic E-state index is 12.9. The summed E-state index contributed by atoms with van der Waals surface area (Å²) in [5.41, 5.74) is 4.64. The van der Waals surface area contributed by atoms with E-state index in [1.54, 1.807) is 0 Å². The van der Waals surface area contributed by atoms with E-state index < -0.39 is 15.7 Å². The Hall–Kier alpha value is -4.13. The number of rotatable bonds is 6. The van der Waals surface area contributed by atoms with E-state index in [4.69, 9.17) is 4.18 Å². The van der Waals surface area contributed by atoms with Gasteiger partial charge in [0.1, 0.15) is 0 Å². The number of nitrogens with one attached hydrogen (secondary N) is 2. The molecule has 0 spiro atoms. The van der Waals surface area contributed by atoms with Gasteiger partial charge in [0.05, 0.1) is 6.26 Å². The third kappa shape index (κ3) is 3.71. The van der Waals surface area contributed by atoms with Crippen LogP contribution in [0.3, 0.4) is 0 Å². The summed E-state index contributed by atoms with van der Waals surface area (Å²) in [6, 6.07) is 33.7. The van der Waals surface area contributed by atoms with Crippen LogP contribution in [-0.2, 0) is 19.9 Å². The summed E-state index contributed by atoms with van der Waals surface area (Å²) in [5.74, 6) is 0. The lowest BCUT2D eigenvalue weighted by molar-refractivity contribution is 0.169. The van der Waals surface area contributed by atoms with Crippen molar-refractivity contribution < 1.29 is 12.6 Å². The Morgan fingerprint density at radius 3 is 1.61 bits per heavy atom. The molecule has 178 valence electrons. The molecule has 6 aromatic rings. The summed E-state index contributed by atoms with van der Waals surface area (Å²) in [7, 11) is -3.91. The van der Waals surface area contributed by atoms with Crippen molar-refractivity contribution in [2.75, 3.05) is 6.26 Å². The van der Waals surface area contributed by atoms with Crippen molar-refractivity contribution >= 4 is 31.9 Å². The highest BCUT2D eigenvalue weighted by atomic mass is 32.2. The van der Waals surface area contributed by atoms with E-state index in [0.29, 0.717) is 5.56 Å². The molecule has 0 aliphatic heterocycles. The lowest BCUT2D eigenvalue weighted by atomic mass is 9.79. The van der Waals surface area contributed by atoms with Crippen molar-refractivity contribution in [2.24, 2.45) is 0 Å². The molecule has 0 saturated carbocycles. The van der Waals surface area contributed by atoms with Crippen molar-refractivity contribution in [1.82, 2.24) is 9.97 Å². The molecule has 4 aromatic carbocycles. The number of para-hydroxylation sites is 2. The summed E-state index contributed by atoms with van der Waals surface area (Å²) in [5, 5.41) is 1.78. The van der Waals surface area contributed by atoms with Crippen molar-refractivity contribution in [2.45, 2.75) is 5.60 Å². The van der Waals surface area contributed by atoms with Gasteiger partial charge in [0, 0.05) is 45.3 Å². The van der Waals surface area contributed by atoms with Crippen LogP contribution < -0.4 is 0 Å². The first-order valence-corrected chi connectivity index (χ1v) is 13.5. The summed E-state index contributed by atoms with van der Waals surface area (Å²) < 4.78 is 32.1. The van der Waals surface area contributed by atoms with Crippen LogP contribution in [0.4, 0.5) is 0 Å². The molecule has 0 amide bonds. The van der Waals surface area contributed by atoms with Gasteiger partial charge in [0.15, 0.2) is 5.60 Å². The summed E-state index contributed by atoms with van der Waals surface area (Å²) in [6.07, 6.45) is 4.80. The highest BCUT2D eigenvalue weighted by Gasteiger charge is 2.44. The zero-order valence-corrected chi connectivity index (χ0v) is 20.4. The second-order valence-corrected chi connectivity index (χ2v) is 10.5. The molecule has 0 aliphatic carbocycles. The van der Waals surface area contributed by atoms with Gasteiger partial charge in [-0.15, -0.1) is 0 Å². The maximum absolute atomic E-state index is 12.9. The van der Waals surface area contributed by atoms with Crippen LogP contribution in [0, 0.1) is 0 Å². The first kappa shape index (κ1) is 22.3.